The van der Waals surface area contributed by atoms with E-state index in [4.69, 9.17) is 16.9 Å². The Kier molecular flexibility index (Phi) is 4.17. The number of nitrogens with zero attached hydrogens (tertiary/aromatic N) is 1. The summed E-state index contributed by atoms with van der Waals surface area (Å²) in [5.41, 5.74) is 1.29. The minimum absolute atomic E-state index is 0.351. The molecule has 1 atom stereocenters. The van der Waals surface area contributed by atoms with Crippen LogP contribution in [0.2, 0.25) is 5.02 Å². The van der Waals surface area contributed by atoms with Gasteiger partial charge >= 0.3 is 0 Å². The zero-order chi connectivity index (χ0) is 13.7. The fourth-order valence-corrected chi connectivity index (χ4v) is 1.80. The van der Waals surface area contributed by atoms with Gasteiger partial charge in [0.2, 0.25) is 5.91 Å². The lowest BCUT2D eigenvalue weighted by atomic mass is 10.00. The van der Waals surface area contributed by atoms with E-state index >= 15 is 0 Å². The summed E-state index contributed by atoms with van der Waals surface area (Å²) in [6.45, 7) is 0. The van der Waals surface area contributed by atoms with Crippen molar-refractivity contribution in [2.45, 2.75) is 5.92 Å². The summed E-state index contributed by atoms with van der Waals surface area (Å²) in [6.07, 6.45) is 0. The van der Waals surface area contributed by atoms with Crippen molar-refractivity contribution in [3.63, 3.8) is 0 Å². The molecule has 0 aliphatic heterocycles. The molecule has 1 N–H and O–H groups in total. The van der Waals surface area contributed by atoms with Crippen LogP contribution >= 0.6 is 11.6 Å². The lowest BCUT2D eigenvalue weighted by molar-refractivity contribution is -0.116. The summed E-state index contributed by atoms with van der Waals surface area (Å²) in [5.74, 6) is -1.17. The van der Waals surface area contributed by atoms with Gasteiger partial charge < -0.3 is 5.32 Å². The molecule has 0 bridgehead atoms. The van der Waals surface area contributed by atoms with Crippen molar-refractivity contribution >= 4 is 23.2 Å². The molecule has 3 nitrogen and oxygen atoms in total. The van der Waals surface area contributed by atoms with Crippen molar-refractivity contribution in [3.05, 3.63) is 65.2 Å². The molecule has 2 rings (SSSR count). The van der Waals surface area contributed by atoms with Gasteiger partial charge in [-0.2, -0.15) is 5.26 Å². The summed E-state index contributed by atoms with van der Waals surface area (Å²) in [5, 5.41) is 12.4. The molecule has 0 aliphatic carbocycles. The molecular weight excluding hydrogens is 260 g/mol. The minimum Gasteiger partial charge on any atom is -0.325 e. The standard InChI is InChI=1S/C15H11ClN2O/c16-12-6-8-13(9-7-12)18-15(19)14(10-17)11-4-2-1-3-5-11/h1-9,14H,(H,18,19). The molecule has 2 aromatic rings. The normalized spacial score (nSPS) is 11.4. The van der Waals surface area contributed by atoms with Crippen molar-refractivity contribution < 1.29 is 4.79 Å². The first-order chi connectivity index (χ1) is 9.20. The number of halogens is 1. The number of anilines is 1. The highest BCUT2D eigenvalue weighted by Gasteiger charge is 2.19. The third-order valence-corrected chi connectivity index (χ3v) is 2.89. The van der Waals surface area contributed by atoms with Gasteiger partial charge in [0.05, 0.1) is 6.07 Å². The second-order valence-electron chi connectivity index (χ2n) is 3.97. The lowest BCUT2D eigenvalue weighted by Gasteiger charge is -2.10. The van der Waals surface area contributed by atoms with Gasteiger partial charge in [0.15, 0.2) is 5.92 Å². The second kappa shape index (κ2) is 6.03. The Morgan fingerprint density at radius 1 is 1.11 bits per heavy atom. The molecule has 19 heavy (non-hydrogen) atoms. The average Bonchev–Trinajstić information content (AvgIpc) is 2.43. The quantitative estimate of drug-likeness (QED) is 0.927. The van der Waals surface area contributed by atoms with E-state index in [2.05, 4.69) is 5.32 Å². The van der Waals surface area contributed by atoms with Crippen LogP contribution in [0.3, 0.4) is 0 Å². The molecule has 1 unspecified atom stereocenters. The zero-order valence-electron chi connectivity index (χ0n) is 10.0. The highest BCUT2D eigenvalue weighted by Crippen LogP contribution is 2.19. The summed E-state index contributed by atoms with van der Waals surface area (Å²) in [6, 6.07) is 17.7. The van der Waals surface area contributed by atoms with Crippen LogP contribution in [0.5, 0.6) is 0 Å². The van der Waals surface area contributed by atoms with Gasteiger partial charge in [-0.25, -0.2) is 0 Å². The Balaban J connectivity index is 2.14. The van der Waals surface area contributed by atoms with Crippen LogP contribution in [0, 0.1) is 11.3 Å². The van der Waals surface area contributed by atoms with Gasteiger partial charge in [-0.3, -0.25) is 4.79 Å². The van der Waals surface area contributed by atoms with Gasteiger partial charge in [-0.1, -0.05) is 41.9 Å². The van der Waals surface area contributed by atoms with Crippen LogP contribution in [-0.4, -0.2) is 5.91 Å². The molecule has 1 amide bonds. The Morgan fingerprint density at radius 3 is 2.32 bits per heavy atom. The van der Waals surface area contributed by atoms with E-state index in [1.165, 1.54) is 0 Å². The first-order valence-corrected chi connectivity index (χ1v) is 6.09. The maximum Gasteiger partial charge on any atom is 0.246 e. The van der Waals surface area contributed by atoms with Crippen LogP contribution in [-0.2, 0) is 4.79 Å². The summed E-state index contributed by atoms with van der Waals surface area (Å²) >= 11 is 5.77. The Morgan fingerprint density at radius 2 is 1.74 bits per heavy atom. The average molecular weight is 271 g/mol. The highest BCUT2D eigenvalue weighted by atomic mass is 35.5. The van der Waals surface area contributed by atoms with Gasteiger partial charge in [0.25, 0.3) is 0 Å². The molecule has 0 aromatic heterocycles. The minimum atomic E-state index is -0.822. The Bertz CT molecular complexity index is 602. The lowest BCUT2D eigenvalue weighted by Crippen LogP contribution is -2.19. The maximum atomic E-state index is 12.1. The van der Waals surface area contributed by atoms with Gasteiger partial charge in [0.1, 0.15) is 0 Å². The summed E-state index contributed by atoms with van der Waals surface area (Å²) in [4.78, 5) is 12.1. The van der Waals surface area contributed by atoms with Gasteiger partial charge in [-0.05, 0) is 29.8 Å². The number of benzene rings is 2. The number of hydrogen-bond donors (Lipinski definition) is 1. The van der Waals surface area contributed by atoms with Crippen LogP contribution in [0.4, 0.5) is 5.69 Å². The fraction of sp³-hybridized carbons (Fsp3) is 0.0667. The van der Waals surface area contributed by atoms with E-state index in [1.54, 1.807) is 48.5 Å². The maximum absolute atomic E-state index is 12.1. The van der Waals surface area contributed by atoms with E-state index in [9.17, 15) is 4.79 Å². The monoisotopic (exact) mass is 270 g/mol. The molecule has 0 radical (unpaired) electrons. The zero-order valence-corrected chi connectivity index (χ0v) is 10.8. The molecule has 0 fully saturated rings. The van der Waals surface area contributed by atoms with Crippen molar-refractivity contribution in [2.75, 3.05) is 5.32 Å². The third-order valence-electron chi connectivity index (χ3n) is 2.64. The predicted molar refractivity (Wildman–Crippen MR) is 74.9 cm³/mol. The molecule has 0 spiro atoms. The van der Waals surface area contributed by atoms with Crippen molar-refractivity contribution in [1.29, 1.82) is 5.26 Å². The topological polar surface area (TPSA) is 52.9 Å². The number of hydrogen-bond acceptors (Lipinski definition) is 2. The number of nitrogens with one attached hydrogen (secondary N) is 1. The number of carbonyl (C=O) groups excluding carboxylic acids is 1. The van der Waals surface area contributed by atoms with Crippen molar-refractivity contribution in [2.24, 2.45) is 0 Å². The van der Waals surface area contributed by atoms with Crippen LogP contribution < -0.4 is 5.32 Å². The molecule has 0 aliphatic rings. The van der Waals surface area contributed by atoms with E-state index in [-0.39, 0.29) is 5.91 Å². The Hall–Kier alpha value is -2.31. The molecule has 4 heteroatoms. The SMILES string of the molecule is N#CC(C(=O)Nc1ccc(Cl)cc1)c1ccccc1. The third kappa shape index (κ3) is 3.34. The van der Waals surface area contributed by atoms with Crippen LogP contribution in [0.15, 0.2) is 54.6 Å². The first kappa shape index (κ1) is 13.1. The second-order valence-corrected chi connectivity index (χ2v) is 4.41. The fourth-order valence-electron chi connectivity index (χ4n) is 1.68. The highest BCUT2D eigenvalue weighted by molar-refractivity contribution is 6.30. The van der Waals surface area contributed by atoms with Crippen molar-refractivity contribution in [3.8, 4) is 6.07 Å². The van der Waals surface area contributed by atoms with E-state index in [0.717, 1.165) is 0 Å². The molecule has 0 heterocycles. The first-order valence-electron chi connectivity index (χ1n) is 5.71. The van der Waals surface area contributed by atoms with Crippen LogP contribution in [0.25, 0.3) is 0 Å². The van der Waals surface area contributed by atoms with E-state index in [0.29, 0.717) is 16.3 Å². The molecule has 0 saturated heterocycles. The molecular formula is C15H11ClN2O. The predicted octanol–water partition coefficient (Wildman–Crippen LogP) is 3.59. The van der Waals surface area contributed by atoms with Crippen molar-refractivity contribution in [1.82, 2.24) is 0 Å². The van der Waals surface area contributed by atoms with E-state index < -0.39 is 5.92 Å². The summed E-state index contributed by atoms with van der Waals surface area (Å²) in [7, 11) is 0. The smallest absolute Gasteiger partial charge is 0.246 e. The van der Waals surface area contributed by atoms with Gasteiger partial charge in [-0.15, -0.1) is 0 Å². The summed E-state index contributed by atoms with van der Waals surface area (Å²) < 4.78 is 0. The number of rotatable bonds is 3. The van der Waals surface area contributed by atoms with E-state index in [1.807, 2.05) is 12.1 Å². The van der Waals surface area contributed by atoms with Crippen LogP contribution in [0.1, 0.15) is 11.5 Å². The molecule has 2 aromatic carbocycles. The number of carbonyl (C=O) groups is 1. The molecule has 0 saturated carbocycles. The number of nitriles is 1. The van der Waals surface area contributed by atoms with Gasteiger partial charge in [0, 0.05) is 10.7 Å². The molecule has 94 valence electrons. The largest absolute Gasteiger partial charge is 0.325 e. The Labute approximate surface area is 116 Å². The number of amides is 1.